The Morgan fingerprint density at radius 1 is 1.30 bits per heavy atom. The van der Waals surface area contributed by atoms with Gasteiger partial charge in [0.1, 0.15) is 5.82 Å². The lowest BCUT2D eigenvalue weighted by Crippen LogP contribution is -2.25. The molecule has 1 heterocycles. The second-order valence-electron chi connectivity index (χ2n) is 4.59. The molecule has 1 aromatic heterocycles. The lowest BCUT2D eigenvalue weighted by Gasteiger charge is -2.13. The molecule has 1 atom stereocenters. The maximum Gasteiger partial charge on any atom is 0.212 e. The molecule has 0 aliphatic carbocycles. The first-order valence-corrected chi connectivity index (χ1v) is 7.07. The summed E-state index contributed by atoms with van der Waals surface area (Å²) in [5.41, 5.74) is 8.03. The molecule has 2 rings (SSSR count). The Hall–Kier alpha value is -1.46. The van der Waals surface area contributed by atoms with E-state index in [1.807, 2.05) is 12.1 Å². The number of benzene rings is 1. The lowest BCUT2D eigenvalue weighted by atomic mass is 10.0. The molecule has 20 heavy (non-hydrogen) atoms. The van der Waals surface area contributed by atoms with Gasteiger partial charge in [0.25, 0.3) is 0 Å². The third-order valence-corrected chi connectivity index (χ3v) is 3.91. The van der Waals surface area contributed by atoms with Crippen molar-refractivity contribution in [2.45, 2.75) is 18.9 Å². The van der Waals surface area contributed by atoms with E-state index in [0.29, 0.717) is 23.2 Å². The van der Waals surface area contributed by atoms with Crippen molar-refractivity contribution in [3.05, 3.63) is 57.9 Å². The van der Waals surface area contributed by atoms with Crippen LogP contribution in [0.2, 0.25) is 0 Å². The Balaban J connectivity index is 2.01. The van der Waals surface area contributed by atoms with Crippen LogP contribution in [0.25, 0.3) is 0 Å². The number of ether oxygens (including phenoxy) is 1. The Bertz CT molecular complexity index is 575. The van der Waals surface area contributed by atoms with Crippen LogP contribution in [0.3, 0.4) is 0 Å². The number of nitrogens with zero attached hydrogens (tertiary/aromatic N) is 1. The maximum absolute atomic E-state index is 13.4. The van der Waals surface area contributed by atoms with E-state index in [-0.39, 0.29) is 11.9 Å². The molecule has 0 saturated carbocycles. The number of hydrogen-bond acceptors (Lipinski definition) is 3. The van der Waals surface area contributed by atoms with Crippen LogP contribution in [0.5, 0.6) is 5.88 Å². The molecule has 2 N–H and O–H groups in total. The monoisotopic (exact) mass is 338 g/mol. The topological polar surface area (TPSA) is 48.1 Å². The van der Waals surface area contributed by atoms with Gasteiger partial charge in [-0.1, -0.05) is 18.2 Å². The molecule has 3 nitrogen and oxygen atoms in total. The molecule has 0 aliphatic rings. The fourth-order valence-corrected chi connectivity index (χ4v) is 2.44. The van der Waals surface area contributed by atoms with Gasteiger partial charge in [0.15, 0.2) is 0 Å². The molecule has 0 fully saturated rings. The van der Waals surface area contributed by atoms with E-state index < -0.39 is 0 Å². The van der Waals surface area contributed by atoms with Crippen molar-refractivity contribution in [3.8, 4) is 5.88 Å². The van der Waals surface area contributed by atoms with Gasteiger partial charge in [-0.05, 0) is 46.0 Å². The highest BCUT2D eigenvalue weighted by molar-refractivity contribution is 9.10. The van der Waals surface area contributed by atoms with Crippen molar-refractivity contribution in [2.75, 3.05) is 7.11 Å². The largest absolute Gasteiger partial charge is 0.481 e. The van der Waals surface area contributed by atoms with E-state index in [4.69, 9.17) is 10.5 Å². The van der Waals surface area contributed by atoms with Gasteiger partial charge in [0.2, 0.25) is 5.88 Å². The van der Waals surface area contributed by atoms with E-state index in [0.717, 1.165) is 11.1 Å². The van der Waals surface area contributed by atoms with Gasteiger partial charge in [-0.2, -0.15) is 0 Å². The van der Waals surface area contributed by atoms with Crippen molar-refractivity contribution in [3.63, 3.8) is 0 Å². The third kappa shape index (κ3) is 3.77. The molecule has 0 amide bonds. The van der Waals surface area contributed by atoms with Crippen molar-refractivity contribution in [1.82, 2.24) is 4.98 Å². The molecule has 1 aromatic carbocycles. The number of methoxy groups -OCH3 is 1. The van der Waals surface area contributed by atoms with Crippen LogP contribution < -0.4 is 10.5 Å². The third-order valence-electron chi connectivity index (χ3n) is 3.02. The summed E-state index contributed by atoms with van der Waals surface area (Å²) in [6.07, 6.45) is 3.03. The highest BCUT2D eigenvalue weighted by atomic mass is 79.9. The summed E-state index contributed by atoms with van der Waals surface area (Å²) in [6, 6.07) is 8.64. The summed E-state index contributed by atoms with van der Waals surface area (Å²) in [5.74, 6) is 0.316. The Labute approximate surface area is 126 Å². The molecule has 1 unspecified atom stereocenters. The first-order valence-electron chi connectivity index (χ1n) is 6.27. The first kappa shape index (κ1) is 14.9. The van der Waals surface area contributed by atoms with Gasteiger partial charge in [-0.25, -0.2) is 9.37 Å². The minimum absolute atomic E-state index is 0.0942. The molecular weight excluding hydrogens is 323 g/mol. The molecule has 0 bridgehead atoms. The first-order chi connectivity index (χ1) is 9.60. The molecular formula is C15H16BrFN2O. The number of halogens is 2. The highest BCUT2D eigenvalue weighted by Crippen LogP contribution is 2.22. The summed E-state index contributed by atoms with van der Waals surface area (Å²) in [7, 11) is 1.58. The van der Waals surface area contributed by atoms with Gasteiger partial charge in [0.05, 0.1) is 11.6 Å². The SMILES string of the molecule is COc1ccc(CC(N)Cc2cccc(F)c2Br)cn1. The predicted molar refractivity (Wildman–Crippen MR) is 80.3 cm³/mol. The fraction of sp³-hybridized carbons (Fsp3) is 0.267. The summed E-state index contributed by atoms with van der Waals surface area (Å²) in [4.78, 5) is 4.14. The average molecular weight is 339 g/mol. The normalized spacial score (nSPS) is 12.2. The summed E-state index contributed by atoms with van der Waals surface area (Å²) in [5, 5.41) is 0. The Morgan fingerprint density at radius 2 is 2.10 bits per heavy atom. The molecule has 106 valence electrons. The molecule has 0 radical (unpaired) electrons. The number of aromatic nitrogens is 1. The average Bonchev–Trinajstić information content (AvgIpc) is 2.45. The van der Waals surface area contributed by atoms with Gasteiger partial charge in [0, 0.05) is 18.3 Å². The van der Waals surface area contributed by atoms with Crippen molar-refractivity contribution in [1.29, 1.82) is 0 Å². The van der Waals surface area contributed by atoms with Crippen LogP contribution in [0, 0.1) is 5.82 Å². The molecule has 2 aromatic rings. The number of pyridine rings is 1. The van der Waals surface area contributed by atoms with Gasteiger partial charge in [-0.15, -0.1) is 0 Å². The standard InChI is InChI=1S/C15H16BrFN2O/c1-20-14-6-5-10(9-19-14)7-12(18)8-11-3-2-4-13(17)15(11)16/h2-6,9,12H,7-8,18H2,1H3. The maximum atomic E-state index is 13.4. The quantitative estimate of drug-likeness (QED) is 0.911. The highest BCUT2D eigenvalue weighted by Gasteiger charge is 2.11. The summed E-state index contributed by atoms with van der Waals surface area (Å²) in [6.45, 7) is 0. The number of hydrogen-bond donors (Lipinski definition) is 1. The fourth-order valence-electron chi connectivity index (χ4n) is 2.02. The van der Waals surface area contributed by atoms with E-state index in [2.05, 4.69) is 20.9 Å². The van der Waals surface area contributed by atoms with Crippen LogP contribution in [0.1, 0.15) is 11.1 Å². The number of nitrogens with two attached hydrogens (primary N) is 1. The minimum atomic E-state index is -0.263. The van der Waals surface area contributed by atoms with Crippen LogP contribution in [0.4, 0.5) is 4.39 Å². The Morgan fingerprint density at radius 3 is 2.75 bits per heavy atom. The molecule has 0 aliphatic heterocycles. The van der Waals surface area contributed by atoms with E-state index in [9.17, 15) is 4.39 Å². The van der Waals surface area contributed by atoms with Crippen LogP contribution >= 0.6 is 15.9 Å². The zero-order chi connectivity index (χ0) is 14.5. The van der Waals surface area contributed by atoms with E-state index in [1.165, 1.54) is 6.07 Å². The second-order valence-corrected chi connectivity index (χ2v) is 5.38. The van der Waals surface area contributed by atoms with Gasteiger partial charge in [-0.3, -0.25) is 0 Å². The summed E-state index contributed by atoms with van der Waals surface area (Å²) < 4.78 is 18.9. The van der Waals surface area contributed by atoms with E-state index in [1.54, 1.807) is 25.4 Å². The van der Waals surface area contributed by atoms with Crippen molar-refractivity contribution >= 4 is 15.9 Å². The Kier molecular flexibility index (Phi) is 5.09. The lowest BCUT2D eigenvalue weighted by molar-refractivity contribution is 0.397. The molecule has 0 saturated heterocycles. The van der Waals surface area contributed by atoms with Crippen molar-refractivity contribution < 1.29 is 9.13 Å². The zero-order valence-electron chi connectivity index (χ0n) is 11.1. The number of rotatable bonds is 5. The van der Waals surface area contributed by atoms with Crippen LogP contribution in [-0.2, 0) is 12.8 Å². The smallest absolute Gasteiger partial charge is 0.212 e. The van der Waals surface area contributed by atoms with Crippen LogP contribution in [-0.4, -0.2) is 18.1 Å². The predicted octanol–water partition coefficient (Wildman–Crippen LogP) is 3.10. The van der Waals surface area contributed by atoms with Crippen LogP contribution in [0.15, 0.2) is 41.0 Å². The zero-order valence-corrected chi connectivity index (χ0v) is 12.7. The molecule has 0 spiro atoms. The minimum Gasteiger partial charge on any atom is -0.481 e. The second kappa shape index (κ2) is 6.81. The summed E-state index contributed by atoms with van der Waals surface area (Å²) >= 11 is 3.25. The van der Waals surface area contributed by atoms with E-state index >= 15 is 0 Å². The molecule has 5 heteroatoms. The van der Waals surface area contributed by atoms with Gasteiger partial charge >= 0.3 is 0 Å². The van der Waals surface area contributed by atoms with Crippen molar-refractivity contribution in [2.24, 2.45) is 5.73 Å². The van der Waals surface area contributed by atoms with Gasteiger partial charge < -0.3 is 10.5 Å².